The lowest BCUT2D eigenvalue weighted by Gasteiger charge is -2.22. The molecule has 0 radical (unpaired) electrons. The van der Waals surface area contributed by atoms with Gasteiger partial charge in [0.1, 0.15) is 0 Å². The van der Waals surface area contributed by atoms with E-state index in [4.69, 9.17) is 23.2 Å². The van der Waals surface area contributed by atoms with Crippen LogP contribution in [-0.4, -0.2) is 44.5 Å². The Bertz CT molecular complexity index is 633. The predicted octanol–water partition coefficient (Wildman–Crippen LogP) is 2.64. The van der Waals surface area contributed by atoms with Crippen LogP contribution in [0.5, 0.6) is 0 Å². The van der Waals surface area contributed by atoms with Gasteiger partial charge in [-0.2, -0.15) is 0 Å². The Morgan fingerprint density at radius 2 is 1.91 bits per heavy atom. The number of benzene rings is 1. The van der Waals surface area contributed by atoms with E-state index in [2.05, 4.69) is 5.32 Å². The Morgan fingerprint density at radius 1 is 1.27 bits per heavy atom. The van der Waals surface area contributed by atoms with Gasteiger partial charge in [-0.15, -0.1) is 0 Å². The Labute approximate surface area is 141 Å². The molecule has 0 aliphatic heterocycles. The van der Waals surface area contributed by atoms with Gasteiger partial charge < -0.3 is 5.32 Å². The lowest BCUT2D eigenvalue weighted by molar-refractivity contribution is 0.0951. The molecule has 1 aromatic carbocycles. The molecule has 22 heavy (non-hydrogen) atoms. The average Bonchev–Trinajstić information content (AvgIpc) is 2.39. The van der Waals surface area contributed by atoms with E-state index in [1.54, 1.807) is 12.1 Å². The molecule has 0 fully saturated rings. The minimum absolute atomic E-state index is 0.209. The first-order valence-electron chi connectivity index (χ1n) is 6.79. The summed E-state index contributed by atoms with van der Waals surface area (Å²) >= 11 is 11.7. The lowest BCUT2D eigenvalue weighted by atomic mass is 10.2. The van der Waals surface area contributed by atoms with Crippen molar-refractivity contribution in [3.63, 3.8) is 0 Å². The molecule has 8 heteroatoms. The monoisotopic (exact) mass is 366 g/mol. The summed E-state index contributed by atoms with van der Waals surface area (Å²) in [7, 11) is -3.29. The van der Waals surface area contributed by atoms with Gasteiger partial charge in [0.05, 0.1) is 16.3 Å². The number of carbonyl (C=O) groups excluding carboxylic acids is 1. The summed E-state index contributed by atoms with van der Waals surface area (Å²) in [6, 6.07) is 4.58. The van der Waals surface area contributed by atoms with Crippen LogP contribution in [0.3, 0.4) is 0 Å². The summed E-state index contributed by atoms with van der Waals surface area (Å²) in [5.74, 6) is -0.114. The zero-order chi connectivity index (χ0) is 16.9. The number of sulfonamides is 1. The van der Waals surface area contributed by atoms with Crippen LogP contribution in [0, 0.1) is 5.92 Å². The van der Waals surface area contributed by atoms with E-state index in [9.17, 15) is 13.2 Å². The maximum atomic E-state index is 12.0. The molecule has 0 spiro atoms. The van der Waals surface area contributed by atoms with E-state index in [-0.39, 0.29) is 24.9 Å². The molecular formula is C14H20Cl2N2O3S. The Morgan fingerprint density at radius 3 is 2.41 bits per heavy atom. The zero-order valence-electron chi connectivity index (χ0n) is 12.8. The fraction of sp³-hybridized carbons (Fsp3) is 0.500. The minimum Gasteiger partial charge on any atom is -0.351 e. The van der Waals surface area contributed by atoms with Gasteiger partial charge in [0.15, 0.2) is 0 Å². The van der Waals surface area contributed by atoms with Crippen molar-refractivity contribution in [2.24, 2.45) is 5.92 Å². The first kappa shape index (κ1) is 19.2. The highest BCUT2D eigenvalue weighted by Gasteiger charge is 2.18. The predicted molar refractivity (Wildman–Crippen MR) is 90.1 cm³/mol. The van der Waals surface area contributed by atoms with Gasteiger partial charge in [0.25, 0.3) is 5.91 Å². The summed E-state index contributed by atoms with van der Waals surface area (Å²) < 4.78 is 24.7. The van der Waals surface area contributed by atoms with E-state index in [1.165, 1.54) is 10.4 Å². The number of amides is 1. The Balaban J connectivity index is 2.61. The number of carbonyl (C=O) groups is 1. The van der Waals surface area contributed by atoms with Crippen LogP contribution in [0.2, 0.25) is 10.0 Å². The first-order valence-corrected chi connectivity index (χ1v) is 9.40. The second-order valence-corrected chi connectivity index (χ2v) is 8.20. The smallest absolute Gasteiger partial charge is 0.251 e. The molecule has 1 N–H and O–H groups in total. The topological polar surface area (TPSA) is 66.5 Å². The quantitative estimate of drug-likeness (QED) is 0.806. The second-order valence-electron chi connectivity index (χ2n) is 5.40. The summed E-state index contributed by atoms with van der Waals surface area (Å²) in [6.07, 6.45) is 1.16. The Kier molecular flexibility index (Phi) is 7.12. The third-order valence-electron chi connectivity index (χ3n) is 2.87. The molecule has 1 rings (SSSR count). The molecule has 124 valence electrons. The van der Waals surface area contributed by atoms with Crippen molar-refractivity contribution in [3.8, 4) is 0 Å². The van der Waals surface area contributed by atoms with Crippen molar-refractivity contribution in [2.45, 2.75) is 13.8 Å². The van der Waals surface area contributed by atoms with E-state index < -0.39 is 10.0 Å². The molecule has 0 atom stereocenters. The number of hydrogen-bond donors (Lipinski definition) is 1. The van der Waals surface area contributed by atoms with Crippen molar-refractivity contribution >= 4 is 39.1 Å². The van der Waals surface area contributed by atoms with Crippen LogP contribution in [0.4, 0.5) is 0 Å². The normalized spacial score (nSPS) is 12.0. The minimum atomic E-state index is -3.29. The third-order valence-corrected chi connectivity index (χ3v) is 4.88. The van der Waals surface area contributed by atoms with Crippen molar-refractivity contribution < 1.29 is 13.2 Å². The Hall–Kier alpha value is -0.820. The van der Waals surface area contributed by atoms with Crippen molar-refractivity contribution in [2.75, 3.05) is 25.9 Å². The maximum absolute atomic E-state index is 12.0. The van der Waals surface area contributed by atoms with Crippen LogP contribution in [0.15, 0.2) is 18.2 Å². The van der Waals surface area contributed by atoms with Crippen molar-refractivity contribution in [3.05, 3.63) is 33.8 Å². The first-order chi connectivity index (χ1) is 10.1. The number of nitrogens with zero attached hydrogens (tertiary/aromatic N) is 1. The molecule has 0 heterocycles. The van der Waals surface area contributed by atoms with Gasteiger partial charge in [-0.25, -0.2) is 12.7 Å². The molecule has 1 aromatic rings. The molecule has 0 saturated carbocycles. The molecular weight excluding hydrogens is 347 g/mol. The van der Waals surface area contributed by atoms with Gasteiger partial charge in [0.2, 0.25) is 10.0 Å². The summed E-state index contributed by atoms with van der Waals surface area (Å²) in [5, 5.41) is 3.35. The fourth-order valence-corrected chi connectivity index (χ4v) is 3.12. The number of rotatable bonds is 7. The SMILES string of the molecule is CC(C)CN(CCNC(=O)c1ccc(Cl)c(Cl)c1)S(C)(=O)=O. The van der Waals surface area contributed by atoms with E-state index >= 15 is 0 Å². The molecule has 0 aliphatic carbocycles. The lowest BCUT2D eigenvalue weighted by Crippen LogP contribution is -2.39. The van der Waals surface area contributed by atoms with E-state index in [0.29, 0.717) is 22.2 Å². The molecule has 0 unspecified atom stereocenters. The van der Waals surface area contributed by atoms with Gasteiger partial charge in [-0.05, 0) is 24.1 Å². The van der Waals surface area contributed by atoms with Gasteiger partial charge in [0, 0.05) is 25.2 Å². The van der Waals surface area contributed by atoms with E-state index in [0.717, 1.165) is 6.26 Å². The van der Waals surface area contributed by atoms with Crippen LogP contribution >= 0.6 is 23.2 Å². The van der Waals surface area contributed by atoms with Gasteiger partial charge in [-0.1, -0.05) is 37.0 Å². The number of nitrogens with one attached hydrogen (secondary N) is 1. The number of hydrogen-bond acceptors (Lipinski definition) is 3. The molecule has 5 nitrogen and oxygen atoms in total. The highest BCUT2D eigenvalue weighted by molar-refractivity contribution is 7.88. The van der Waals surface area contributed by atoms with Crippen molar-refractivity contribution in [1.29, 1.82) is 0 Å². The molecule has 0 aliphatic rings. The molecule has 1 amide bonds. The zero-order valence-corrected chi connectivity index (χ0v) is 15.1. The highest BCUT2D eigenvalue weighted by atomic mass is 35.5. The third kappa shape index (κ3) is 6.12. The molecule has 0 aromatic heterocycles. The van der Waals surface area contributed by atoms with Gasteiger partial charge in [-0.3, -0.25) is 4.79 Å². The maximum Gasteiger partial charge on any atom is 0.251 e. The summed E-state index contributed by atoms with van der Waals surface area (Å²) in [6.45, 7) is 4.74. The van der Waals surface area contributed by atoms with Crippen LogP contribution < -0.4 is 5.32 Å². The van der Waals surface area contributed by atoms with E-state index in [1.807, 2.05) is 13.8 Å². The summed E-state index contributed by atoms with van der Waals surface area (Å²) in [4.78, 5) is 12.0. The van der Waals surface area contributed by atoms with Gasteiger partial charge >= 0.3 is 0 Å². The highest BCUT2D eigenvalue weighted by Crippen LogP contribution is 2.22. The fourth-order valence-electron chi connectivity index (χ4n) is 1.83. The largest absolute Gasteiger partial charge is 0.351 e. The number of halogens is 2. The molecule has 0 saturated heterocycles. The average molecular weight is 367 g/mol. The second kappa shape index (κ2) is 8.15. The van der Waals surface area contributed by atoms with Crippen molar-refractivity contribution in [1.82, 2.24) is 9.62 Å². The van der Waals surface area contributed by atoms with Crippen LogP contribution in [0.1, 0.15) is 24.2 Å². The molecule has 0 bridgehead atoms. The van der Waals surface area contributed by atoms with Crippen LogP contribution in [0.25, 0.3) is 0 Å². The standard InChI is InChI=1S/C14H20Cl2N2O3S/c1-10(2)9-18(22(3,20)21)7-6-17-14(19)11-4-5-12(15)13(16)8-11/h4-5,8,10H,6-7,9H2,1-3H3,(H,17,19). The summed E-state index contributed by atoms with van der Waals surface area (Å²) in [5.41, 5.74) is 0.379. The van der Waals surface area contributed by atoms with Crippen LogP contribution in [-0.2, 0) is 10.0 Å².